The first-order valence-electron chi connectivity index (χ1n) is 5.11. The first kappa shape index (κ1) is 11.1. The van der Waals surface area contributed by atoms with Crippen molar-refractivity contribution in [2.45, 2.75) is 6.54 Å². The van der Waals surface area contributed by atoms with Gasteiger partial charge in [0.05, 0.1) is 5.69 Å². The fourth-order valence-electron chi connectivity index (χ4n) is 1.63. The van der Waals surface area contributed by atoms with Crippen LogP contribution in [-0.4, -0.2) is 20.7 Å². The molecule has 0 fully saturated rings. The molecule has 0 spiro atoms. The Kier molecular flexibility index (Phi) is 3.00. The minimum atomic E-state index is 0.0776. The molecular weight excluding hydrogens is 218 g/mol. The number of hydrogen-bond donors (Lipinski definition) is 3. The van der Waals surface area contributed by atoms with E-state index in [0.717, 1.165) is 5.56 Å². The summed E-state index contributed by atoms with van der Waals surface area (Å²) in [5, 5.41) is 20.8. The lowest BCUT2D eigenvalue weighted by Gasteiger charge is -2.08. The van der Waals surface area contributed by atoms with Gasteiger partial charge in [-0.15, -0.1) is 0 Å². The molecule has 0 amide bonds. The number of phenols is 1. The van der Waals surface area contributed by atoms with Crippen LogP contribution in [0.25, 0.3) is 0 Å². The molecule has 1 heterocycles. The van der Waals surface area contributed by atoms with Crippen LogP contribution in [0.5, 0.6) is 5.75 Å². The van der Waals surface area contributed by atoms with Crippen LogP contribution in [0.2, 0.25) is 0 Å². The summed E-state index contributed by atoms with van der Waals surface area (Å²) in [7, 11) is 0. The fourth-order valence-corrected chi connectivity index (χ4v) is 1.63. The molecule has 0 saturated carbocycles. The Hall–Kier alpha value is -2.43. The lowest BCUT2D eigenvalue weighted by Crippen LogP contribution is -2.18. The van der Waals surface area contributed by atoms with E-state index in [-0.39, 0.29) is 11.6 Å². The Balaban J connectivity index is 2.25. The molecule has 0 aliphatic carbocycles. The number of phenolic OH excluding ortho intramolecular Hbond substituents is 1. The molecular formula is C12H13N3O2. The third-order valence-electron chi connectivity index (χ3n) is 2.49. The van der Waals surface area contributed by atoms with E-state index in [1.807, 2.05) is 29.0 Å². The summed E-state index contributed by atoms with van der Waals surface area (Å²) < 4.78 is 1.86. The summed E-state index contributed by atoms with van der Waals surface area (Å²) in [5.41, 5.74) is 7.23. The van der Waals surface area contributed by atoms with Crippen molar-refractivity contribution in [3.05, 3.63) is 53.9 Å². The first-order valence-corrected chi connectivity index (χ1v) is 5.11. The van der Waals surface area contributed by atoms with Crippen molar-refractivity contribution < 1.29 is 10.3 Å². The van der Waals surface area contributed by atoms with Crippen LogP contribution in [0.3, 0.4) is 0 Å². The molecule has 0 radical (unpaired) electrons. The molecule has 0 unspecified atom stereocenters. The van der Waals surface area contributed by atoms with Crippen molar-refractivity contribution in [1.29, 1.82) is 0 Å². The lowest BCUT2D eigenvalue weighted by molar-refractivity contribution is 0.318. The molecule has 4 N–H and O–H groups in total. The Morgan fingerprint density at radius 1 is 1.24 bits per heavy atom. The van der Waals surface area contributed by atoms with E-state index in [1.165, 1.54) is 0 Å². The van der Waals surface area contributed by atoms with Crippen LogP contribution >= 0.6 is 0 Å². The number of rotatable bonds is 3. The van der Waals surface area contributed by atoms with Gasteiger partial charge in [0, 0.05) is 12.7 Å². The van der Waals surface area contributed by atoms with Crippen LogP contribution in [0.4, 0.5) is 0 Å². The van der Waals surface area contributed by atoms with E-state index < -0.39 is 0 Å². The molecule has 2 rings (SSSR count). The minimum Gasteiger partial charge on any atom is -0.508 e. The van der Waals surface area contributed by atoms with Gasteiger partial charge in [0.2, 0.25) is 0 Å². The summed E-state index contributed by atoms with van der Waals surface area (Å²) in [4.78, 5) is 0. The largest absolute Gasteiger partial charge is 0.508 e. The normalized spacial score (nSPS) is 11.6. The van der Waals surface area contributed by atoms with Crippen LogP contribution in [0.15, 0.2) is 47.8 Å². The van der Waals surface area contributed by atoms with E-state index in [1.54, 1.807) is 18.2 Å². The average molecular weight is 231 g/mol. The third-order valence-corrected chi connectivity index (χ3v) is 2.49. The first-order chi connectivity index (χ1) is 8.20. The summed E-state index contributed by atoms with van der Waals surface area (Å²) in [6.07, 6.45) is 1.85. The van der Waals surface area contributed by atoms with Gasteiger partial charge in [-0.2, -0.15) is 0 Å². The van der Waals surface area contributed by atoms with E-state index >= 15 is 0 Å². The highest BCUT2D eigenvalue weighted by Gasteiger charge is 2.05. The summed E-state index contributed by atoms with van der Waals surface area (Å²) in [6, 6.07) is 10.5. The average Bonchev–Trinajstić information content (AvgIpc) is 2.79. The van der Waals surface area contributed by atoms with Crippen LogP contribution in [0, 0.1) is 0 Å². The molecule has 1 aromatic heterocycles. The van der Waals surface area contributed by atoms with Crippen molar-refractivity contribution in [2.75, 3.05) is 0 Å². The molecule has 0 aliphatic heterocycles. The highest BCUT2D eigenvalue weighted by molar-refractivity contribution is 5.95. The van der Waals surface area contributed by atoms with E-state index in [4.69, 9.17) is 10.9 Å². The van der Waals surface area contributed by atoms with Crippen molar-refractivity contribution in [3.63, 3.8) is 0 Å². The van der Waals surface area contributed by atoms with Crippen LogP contribution in [-0.2, 0) is 6.54 Å². The summed E-state index contributed by atoms with van der Waals surface area (Å²) in [6.45, 7) is 0.596. The Labute approximate surface area is 98.4 Å². The maximum absolute atomic E-state index is 9.18. The van der Waals surface area contributed by atoms with E-state index in [9.17, 15) is 5.11 Å². The minimum absolute atomic E-state index is 0.0776. The van der Waals surface area contributed by atoms with E-state index in [2.05, 4.69) is 5.16 Å². The van der Waals surface area contributed by atoms with E-state index in [0.29, 0.717) is 12.2 Å². The van der Waals surface area contributed by atoms with Gasteiger partial charge in [0.15, 0.2) is 5.84 Å². The number of oxime groups is 1. The molecule has 1 aromatic carbocycles. The molecule has 5 nitrogen and oxygen atoms in total. The SMILES string of the molecule is N/C(=N/O)c1cccn1Cc1ccc(O)cc1. The quantitative estimate of drug-likeness (QED) is 0.322. The van der Waals surface area contributed by atoms with Gasteiger partial charge in [-0.25, -0.2) is 0 Å². The second-order valence-electron chi connectivity index (χ2n) is 3.67. The van der Waals surface area contributed by atoms with Crippen molar-refractivity contribution in [3.8, 4) is 5.75 Å². The van der Waals surface area contributed by atoms with Crippen molar-refractivity contribution in [2.24, 2.45) is 10.9 Å². The zero-order chi connectivity index (χ0) is 12.3. The van der Waals surface area contributed by atoms with Crippen molar-refractivity contribution in [1.82, 2.24) is 4.57 Å². The molecule has 0 atom stereocenters. The maximum atomic E-state index is 9.18. The van der Waals surface area contributed by atoms with Gasteiger partial charge >= 0.3 is 0 Å². The molecule has 0 aliphatic rings. The monoisotopic (exact) mass is 231 g/mol. The Morgan fingerprint density at radius 3 is 2.59 bits per heavy atom. The number of amidine groups is 1. The van der Waals surface area contributed by atoms with Gasteiger partial charge in [-0.3, -0.25) is 0 Å². The van der Waals surface area contributed by atoms with Gasteiger partial charge in [0.1, 0.15) is 5.75 Å². The highest BCUT2D eigenvalue weighted by Crippen LogP contribution is 2.12. The predicted molar refractivity (Wildman–Crippen MR) is 64.2 cm³/mol. The zero-order valence-corrected chi connectivity index (χ0v) is 9.11. The van der Waals surface area contributed by atoms with Gasteiger partial charge in [-0.1, -0.05) is 17.3 Å². The van der Waals surface area contributed by atoms with Gasteiger partial charge in [0.25, 0.3) is 0 Å². The number of aromatic nitrogens is 1. The number of hydrogen-bond acceptors (Lipinski definition) is 3. The standard InChI is InChI=1S/C12H13N3O2/c13-12(14-17)11-2-1-7-15(11)8-9-3-5-10(16)6-4-9/h1-7,16-17H,8H2,(H2,13,14). The number of nitrogens with two attached hydrogens (primary N) is 1. The Bertz CT molecular complexity index is 529. The fraction of sp³-hybridized carbons (Fsp3) is 0.0833. The predicted octanol–water partition coefficient (Wildman–Crippen LogP) is 1.34. The number of nitrogens with zero attached hydrogens (tertiary/aromatic N) is 2. The maximum Gasteiger partial charge on any atom is 0.186 e. The topological polar surface area (TPSA) is 83.8 Å². The second kappa shape index (κ2) is 4.61. The number of aromatic hydroxyl groups is 1. The zero-order valence-electron chi connectivity index (χ0n) is 9.11. The van der Waals surface area contributed by atoms with Crippen LogP contribution in [0.1, 0.15) is 11.3 Å². The molecule has 17 heavy (non-hydrogen) atoms. The van der Waals surface area contributed by atoms with Crippen LogP contribution < -0.4 is 5.73 Å². The second-order valence-corrected chi connectivity index (χ2v) is 3.67. The Morgan fingerprint density at radius 2 is 1.94 bits per heavy atom. The molecule has 88 valence electrons. The third kappa shape index (κ3) is 2.39. The smallest absolute Gasteiger partial charge is 0.186 e. The van der Waals surface area contributed by atoms with Crippen molar-refractivity contribution >= 4 is 5.84 Å². The summed E-state index contributed by atoms with van der Waals surface area (Å²) in [5.74, 6) is 0.312. The summed E-state index contributed by atoms with van der Waals surface area (Å²) >= 11 is 0. The van der Waals surface area contributed by atoms with Gasteiger partial charge < -0.3 is 20.6 Å². The molecule has 5 heteroatoms. The molecule has 0 saturated heterocycles. The molecule has 0 bridgehead atoms. The highest BCUT2D eigenvalue weighted by atomic mass is 16.4. The lowest BCUT2D eigenvalue weighted by atomic mass is 10.2. The molecule has 2 aromatic rings. The van der Waals surface area contributed by atoms with Gasteiger partial charge in [-0.05, 0) is 29.8 Å². The number of benzene rings is 1.